The van der Waals surface area contributed by atoms with Crippen molar-refractivity contribution in [1.82, 2.24) is 5.32 Å². The van der Waals surface area contributed by atoms with Crippen LogP contribution in [0.3, 0.4) is 0 Å². The third-order valence-electron chi connectivity index (χ3n) is 2.98. The highest BCUT2D eigenvalue weighted by atomic mass is 32.1. The van der Waals surface area contributed by atoms with Crippen LogP contribution in [-0.4, -0.2) is 11.7 Å². The molecule has 100 valence electrons. The molecule has 0 aliphatic carbocycles. The molecule has 2 nitrogen and oxygen atoms in total. The number of thiocarbonyl (C=S) groups is 1. The van der Waals surface area contributed by atoms with E-state index in [2.05, 4.69) is 50.5 Å². The molecule has 1 rings (SSSR count). The Hall–Kier alpha value is -1.09. The van der Waals surface area contributed by atoms with E-state index >= 15 is 0 Å². The first-order valence-corrected chi connectivity index (χ1v) is 7.20. The van der Waals surface area contributed by atoms with Gasteiger partial charge in [-0.1, -0.05) is 38.5 Å². The van der Waals surface area contributed by atoms with Gasteiger partial charge in [0.25, 0.3) is 0 Å². The Labute approximate surface area is 116 Å². The molecule has 1 aromatic carbocycles. The summed E-state index contributed by atoms with van der Waals surface area (Å²) in [6, 6.07) is 4.48. The van der Waals surface area contributed by atoms with Gasteiger partial charge >= 0.3 is 0 Å². The van der Waals surface area contributed by atoms with Crippen molar-refractivity contribution in [1.29, 1.82) is 0 Å². The number of hydrogen-bond donors (Lipinski definition) is 2. The van der Waals surface area contributed by atoms with Crippen LogP contribution in [0.15, 0.2) is 12.1 Å². The molecule has 18 heavy (non-hydrogen) atoms. The van der Waals surface area contributed by atoms with Crippen molar-refractivity contribution in [3.8, 4) is 0 Å². The maximum Gasteiger partial charge on any atom is 0.170 e. The lowest BCUT2D eigenvalue weighted by Crippen LogP contribution is -2.29. The van der Waals surface area contributed by atoms with E-state index in [-0.39, 0.29) is 0 Å². The molecule has 0 heterocycles. The molecule has 0 aliphatic rings. The van der Waals surface area contributed by atoms with Gasteiger partial charge in [-0.2, -0.15) is 0 Å². The molecule has 0 saturated heterocycles. The largest absolute Gasteiger partial charge is 0.362 e. The summed E-state index contributed by atoms with van der Waals surface area (Å²) in [7, 11) is 0. The van der Waals surface area contributed by atoms with Crippen molar-refractivity contribution >= 4 is 23.0 Å². The summed E-state index contributed by atoms with van der Waals surface area (Å²) in [5, 5.41) is 7.31. The Balaban J connectivity index is 2.95. The summed E-state index contributed by atoms with van der Waals surface area (Å²) in [5.41, 5.74) is 5.20. The fraction of sp³-hybridized carbons (Fsp3) is 0.533. The Morgan fingerprint density at radius 3 is 2.11 bits per heavy atom. The summed E-state index contributed by atoms with van der Waals surface area (Å²) >= 11 is 5.33. The molecule has 3 heteroatoms. The van der Waals surface area contributed by atoms with Gasteiger partial charge in [0.2, 0.25) is 0 Å². The zero-order valence-electron chi connectivity index (χ0n) is 11.9. The minimum Gasteiger partial charge on any atom is -0.362 e. The molecule has 0 spiro atoms. The molecule has 2 N–H and O–H groups in total. The molecule has 0 unspecified atom stereocenters. The molecule has 1 aromatic rings. The van der Waals surface area contributed by atoms with Crippen LogP contribution in [-0.2, 0) is 12.8 Å². The smallest absolute Gasteiger partial charge is 0.170 e. The van der Waals surface area contributed by atoms with Crippen LogP contribution in [0.1, 0.15) is 43.9 Å². The second-order valence-corrected chi connectivity index (χ2v) is 4.95. The number of benzene rings is 1. The Bertz CT molecular complexity index is 388. The zero-order chi connectivity index (χ0) is 13.5. The molecule has 0 aromatic heterocycles. The topological polar surface area (TPSA) is 24.1 Å². The normalized spacial score (nSPS) is 10.2. The molecule has 0 atom stereocenters. The van der Waals surface area contributed by atoms with Crippen LogP contribution in [0, 0.1) is 6.92 Å². The quantitative estimate of drug-likeness (QED) is 0.791. The van der Waals surface area contributed by atoms with E-state index in [4.69, 9.17) is 12.2 Å². The predicted molar refractivity (Wildman–Crippen MR) is 84.4 cm³/mol. The van der Waals surface area contributed by atoms with Gasteiger partial charge in [0.15, 0.2) is 5.11 Å². The van der Waals surface area contributed by atoms with E-state index in [0.29, 0.717) is 0 Å². The fourth-order valence-electron chi connectivity index (χ4n) is 2.06. The lowest BCUT2D eigenvalue weighted by atomic mass is 10.00. The molecule has 0 aliphatic heterocycles. The predicted octanol–water partition coefficient (Wildman–Crippen LogP) is 3.82. The number of hydrogen-bond acceptors (Lipinski definition) is 1. The Morgan fingerprint density at radius 1 is 1.11 bits per heavy atom. The average molecular weight is 264 g/mol. The minimum absolute atomic E-state index is 0.727. The Kier molecular flexibility index (Phi) is 6.13. The molecular formula is C15H24N2S. The molecule has 0 amide bonds. The van der Waals surface area contributed by atoms with E-state index in [9.17, 15) is 0 Å². The Morgan fingerprint density at radius 2 is 1.67 bits per heavy atom. The number of anilines is 1. The van der Waals surface area contributed by atoms with Crippen LogP contribution < -0.4 is 10.6 Å². The maximum atomic E-state index is 5.33. The van der Waals surface area contributed by atoms with Gasteiger partial charge in [-0.05, 0) is 49.5 Å². The van der Waals surface area contributed by atoms with Crippen molar-refractivity contribution in [2.75, 3.05) is 11.9 Å². The maximum absolute atomic E-state index is 5.33. The first kappa shape index (κ1) is 15.0. The van der Waals surface area contributed by atoms with E-state index in [1.165, 1.54) is 22.4 Å². The molecule has 0 fully saturated rings. The van der Waals surface area contributed by atoms with Crippen molar-refractivity contribution in [2.24, 2.45) is 0 Å². The highest BCUT2D eigenvalue weighted by molar-refractivity contribution is 7.80. The van der Waals surface area contributed by atoms with Gasteiger partial charge in [0.1, 0.15) is 0 Å². The highest BCUT2D eigenvalue weighted by Gasteiger charge is 2.08. The zero-order valence-corrected chi connectivity index (χ0v) is 12.7. The number of nitrogens with one attached hydrogen (secondary N) is 2. The molecular weight excluding hydrogens is 240 g/mol. The SMILES string of the molecule is CCCNC(=S)Nc1c(CC)cc(C)cc1CC. The first-order chi connectivity index (χ1) is 8.62. The van der Waals surface area contributed by atoms with Crippen molar-refractivity contribution in [3.05, 3.63) is 28.8 Å². The number of rotatable bonds is 5. The third kappa shape index (κ3) is 3.98. The van der Waals surface area contributed by atoms with E-state index in [1.807, 2.05) is 0 Å². The van der Waals surface area contributed by atoms with Crippen LogP contribution in [0.5, 0.6) is 0 Å². The second kappa shape index (κ2) is 7.37. The van der Waals surface area contributed by atoms with Crippen LogP contribution in [0.4, 0.5) is 5.69 Å². The van der Waals surface area contributed by atoms with Crippen LogP contribution in [0.2, 0.25) is 0 Å². The van der Waals surface area contributed by atoms with Crippen molar-refractivity contribution < 1.29 is 0 Å². The highest BCUT2D eigenvalue weighted by Crippen LogP contribution is 2.24. The van der Waals surface area contributed by atoms with E-state index in [1.54, 1.807) is 0 Å². The standard InChI is InChI=1S/C15H24N2S/c1-5-8-16-15(18)17-14-12(6-2)9-11(4)10-13(14)7-3/h9-10H,5-8H2,1-4H3,(H2,16,17,18). The second-order valence-electron chi connectivity index (χ2n) is 4.55. The first-order valence-electron chi connectivity index (χ1n) is 6.79. The van der Waals surface area contributed by atoms with Crippen molar-refractivity contribution in [3.63, 3.8) is 0 Å². The van der Waals surface area contributed by atoms with Gasteiger partial charge in [-0.25, -0.2) is 0 Å². The molecule has 0 bridgehead atoms. The van der Waals surface area contributed by atoms with Crippen molar-refractivity contribution in [2.45, 2.75) is 47.0 Å². The van der Waals surface area contributed by atoms with Gasteiger partial charge in [-0.15, -0.1) is 0 Å². The summed E-state index contributed by atoms with van der Waals surface area (Å²) < 4.78 is 0. The van der Waals surface area contributed by atoms with Gasteiger partial charge < -0.3 is 10.6 Å². The van der Waals surface area contributed by atoms with Gasteiger partial charge in [0, 0.05) is 12.2 Å². The van der Waals surface area contributed by atoms with Crippen LogP contribution in [0.25, 0.3) is 0 Å². The number of aryl methyl sites for hydroxylation is 3. The van der Waals surface area contributed by atoms with Gasteiger partial charge in [-0.3, -0.25) is 0 Å². The summed E-state index contributed by atoms with van der Waals surface area (Å²) in [6.07, 6.45) is 3.12. The average Bonchev–Trinajstić information content (AvgIpc) is 2.37. The lowest BCUT2D eigenvalue weighted by Gasteiger charge is -2.17. The molecule has 0 radical (unpaired) electrons. The van der Waals surface area contributed by atoms with Gasteiger partial charge in [0.05, 0.1) is 0 Å². The van der Waals surface area contributed by atoms with E-state index < -0.39 is 0 Å². The van der Waals surface area contributed by atoms with E-state index in [0.717, 1.165) is 30.9 Å². The molecule has 0 saturated carbocycles. The minimum atomic E-state index is 0.727. The summed E-state index contributed by atoms with van der Waals surface area (Å²) in [5.74, 6) is 0. The van der Waals surface area contributed by atoms with Crippen LogP contribution >= 0.6 is 12.2 Å². The lowest BCUT2D eigenvalue weighted by molar-refractivity contribution is 0.846. The monoisotopic (exact) mass is 264 g/mol. The third-order valence-corrected chi connectivity index (χ3v) is 3.23. The fourth-order valence-corrected chi connectivity index (χ4v) is 2.26. The summed E-state index contributed by atoms with van der Waals surface area (Å²) in [4.78, 5) is 0. The summed E-state index contributed by atoms with van der Waals surface area (Å²) in [6.45, 7) is 9.57.